The number of hydrogen-bond acceptors (Lipinski definition) is 3. The van der Waals surface area contributed by atoms with Crippen molar-refractivity contribution in [2.45, 2.75) is 45.6 Å². The van der Waals surface area contributed by atoms with Crippen LogP contribution in [0.15, 0.2) is 23.2 Å². The SMILES string of the molecule is CCC(CNC(=NC)NCCc1ccc(C)c(OC)c1)N1CCCC1.I. The zero-order valence-corrected chi connectivity index (χ0v) is 19.0. The van der Waals surface area contributed by atoms with Gasteiger partial charge in [0.2, 0.25) is 0 Å². The van der Waals surface area contributed by atoms with Crippen LogP contribution in [0.2, 0.25) is 0 Å². The molecule has 0 bridgehead atoms. The Bertz CT molecular complexity index is 559. The summed E-state index contributed by atoms with van der Waals surface area (Å²) in [5, 5.41) is 6.91. The van der Waals surface area contributed by atoms with Gasteiger partial charge in [0.25, 0.3) is 0 Å². The summed E-state index contributed by atoms with van der Waals surface area (Å²) in [5.74, 6) is 1.84. The van der Waals surface area contributed by atoms with E-state index < -0.39 is 0 Å². The van der Waals surface area contributed by atoms with E-state index in [0.717, 1.165) is 31.2 Å². The molecule has 0 amide bonds. The molecule has 5 nitrogen and oxygen atoms in total. The zero-order valence-electron chi connectivity index (χ0n) is 16.7. The number of benzene rings is 1. The molecule has 2 N–H and O–H groups in total. The largest absolute Gasteiger partial charge is 0.496 e. The predicted molar refractivity (Wildman–Crippen MR) is 121 cm³/mol. The molecule has 0 radical (unpaired) electrons. The van der Waals surface area contributed by atoms with Gasteiger partial charge < -0.3 is 15.4 Å². The Balaban J connectivity index is 0.00000338. The molecule has 1 aromatic rings. The fourth-order valence-electron chi connectivity index (χ4n) is 3.42. The maximum absolute atomic E-state index is 5.40. The smallest absolute Gasteiger partial charge is 0.191 e. The van der Waals surface area contributed by atoms with Gasteiger partial charge in [-0.25, -0.2) is 0 Å². The highest BCUT2D eigenvalue weighted by molar-refractivity contribution is 14.0. The fraction of sp³-hybridized carbons (Fsp3) is 0.650. The van der Waals surface area contributed by atoms with Crippen LogP contribution in [0.25, 0.3) is 0 Å². The summed E-state index contributed by atoms with van der Waals surface area (Å²) in [7, 11) is 3.56. The minimum absolute atomic E-state index is 0. The van der Waals surface area contributed by atoms with Gasteiger partial charge in [-0.1, -0.05) is 19.1 Å². The maximum Gasteiger partial charge on any atom is 0.191 e. The summed E-state index contributed by atoms with van der Waals surface area (Å²) < 4.78 is 5.40. The number of ether oxygens (including phenoxy) is 1. The van der Waals surface area contributed by atoms with E-state index in [1.807, 2.05) is 7.05 Å². The van der Waals surface area contributed by atoms with Crippen LogP contribution < -0.4 is 15.4 Å². The van der Waals surface area contributed by atoms with Crippen molar-refractivity contribution in [3.63, 3.8) is 0 Å². The van der Waals surface area contributed by atoms with E-state index in [1.54, 1.807) is 7.11 Å². The quantitative estimate of drug-likeness (QED) is 0.345. The third-order valence-corrected chi connectivity index (χ3v) is 5.04. The Hall–Kier alpha value is -1.02. The van der Waals surface area contributed by atoms with Crippen LogP contribution in [0, 0.1) is 6.92 Å². The zero-order chi connectivity index (χ0) is 18.1. The minimum Gasteiger partial charge on any atom is -0.496 e. The topological polar surface area (TPSA) is 48.9 Å². The number of hydrogen-bond donors (Lipinski definition) is 2. The van der Waals surface area contributed by atoms with Gasteiger partial charge in [0.1, 0.15) is 5.75 Å². The average molecular weight is 474 g/mol. The molecule has 0 saturated carbocycles. The first-order valence-corrected chi connectivity index (χ1v) is 9.50. The molecule has 2 rings (SSSR count). The summed E-state index contributed by atoms with van der Waals surface area (Å²) in [6.45, 7) is 8.62. The molecule has 26 heavy (non-hydrogen) atoms. The van der Waals surface area contributed by atoms with Gasteiger partial charge in [-0.3, -0.25) is 9.89 Å². The molecule has 148 valence electrons. The number of rotatable bonds is 8. The summed E-state index contributed by atoms with van der Waals surface area (Å²) in [6, 6.07) is 7.00. The van der Waals surface area contributed by atoms with E-state index in [0.29, 0.717) is 6.04 Å². The molecule has 0 spiro atoms. The minimum atomic E-state index is 0. The molecule has 1 heterocycles. The normalized spacial score (nSPS) is 16.1. The van der Waals surface area contributed by atoms with Gasteiger partial charge in [-0.05, 0) is 62.9 Å². The van der Waals surface area contributed by atoms with Crippen LogP contribution in [-0.4, -0.2) is 57.2 Å². The average Bonchev–Trinajstić information content (AvgIpc) is 3.16. The molecule has 1 fully saturated rings. The highest BCUT2D eigenvalue weighted by Gasteiger charge is 2.20. The van der Waals surface area contributed by atoms with Crippen molar-refractivity contribution < 1.29 is 4.74 Å². The summed E-state index contributed by atoms with van der Waals surface area (Å²) in [6.07, 6.45) is 4.79. The second-order valence-corrected chi connectivity index (χ2v) is 6.74. The third kappa shape index (κ3) is 6.95. The Morgan fingerprint density at radius 1 is 1.27 bits per heavy atom. The van der Waals surface area contributed by atoms with E-state index in [4.69, 9.17) is 4.74 Å². The van der Waals surface area contributed by atoms with Gasteiger partial charge >= 0.3 is 0 Å². The second-order valence-electron chi connectivity index (χ2n) is 6.74. The molecule has 1 aliphatic heterocycles. The summed E-state index contributed by atoms with van der Waals surface area (Å²) >= 11 is 0. The van der Waals surface area contributed by atoms with Gasteiger partial charge in [0, 0.05) is 26.2 Å². The highest BCUT2D eigenvalue weighted by atomic mass is 127. The number of nitrogens with zero attached hydrogens (tertiary/aromatic N) is 2. The van der Waals surface area contributed by atoms with E-state index in [2.05, 4.69) is 52.6 Å². The molecular weight excluding hydrogens is 439 g/mol. The van der Waals surface area contributed by atoms with Gasteiger partial charge in [0.05, 0.1) is 7.11 Å². The van der Waals surface area contributed by atoms with Gasteiger partial charge in [-0.15, -0.1) is 24.0 Å². The van der Waals surface area contributed by atoms with Crippen LogP contribution in [0.1, 0.15) is 37.3 Å². The molecule has 1 aliphatic rings. The van der Waals surface area contributed by atoms with Gasteiger partial charge in [0.15, 0.2) is 5.96 Å². The van der Waals surface area contributed by atoms with E-state index >= 15 is 0 Å². The number of methoxy groups -OCH3 is 1. The van der Waals surface area contributed by atoms with E-state index in [9.17, 15) is 0 Å². The Morgan fingerprint density at radius 3 is 2.62 bits per heavy atom. The van der Waals surface area contributed by atoms with Crippen molar-refractivity contribution in [1.82, 2.24) is 15.5 Å². The number of guanidine groups is 1. The number of aryl methyl sites for hydroxylation is 1. The Morgan fingerprint density at radius 2 is 2.00 bits per heavy atom. The lowest BCUT2D eigenvalue weighted by molar-refractivity contribution is 0.236. The maximum atomic E-state index is 5.40. The van der Waals surface area contributed by atoms with Crippen molar-refractivity contribution in [2.24, 2.45) is 4.99 Å². The van der Waals surface area contributed by atoms with Crippen molar-refractivity contribution >= 4 is 29.9 Å². The lowest BCUT2D eigenvalue weighted by atomic mass is 10.1. The van der Waals surface area contributed by atoms with Crippen LogP contribution in [0.3, 0.4) is 0 Å². The molecule has 1 saturated heterocycles. The molecular formula is C20H35IN4O. The van der Waals surface area contributed by atoms with E-state index in [-0.39, 0.29) is 24.0 Å². The first-order chi connectivity index (χ1) is 12.2. The first-order valence-electron chi connectivity index (χ1n) is 9.50. The molecule has 1 unspecified atom stereocenters. The molecule has 0 aliphatic carbocycles. The van der Waals surface area contributed by atoms with Crippen LogP contribution >= 0.6 is 24.0 Å². The number of nitrogens with one attached hydrogen (secondary N) is 2. The Labute approximate surface area is 176 Å². The Kier molecular flexibility index (Phi) is 11.0. The number of likely N-dealkylation sites (tertiary alicyclic amines) is 1. The second kappa shape index (κ2) is 12.4. The number of aliphatic imine (C=N–C) groups is 1. The first kappa shape index (κ1) is 23.0. The van der Waals surface area contributed by atoms with Crippen LogP contribution in [0.4, 0.5) is 0 Å². The summed E-state index contributed by atoms with van der Waals surface area (Å²) in [4.78, 5) is 6.95. The lowest BCUT2D eigenvalue weighted by Crippen LogP contribution is -2.46. The van der Waals surface area contributed by atoms with Crippen molar-refractivity contribution in [3.05, 3.63) is 29.3 Å². The van der Waals surface area contributed by atoms with Gasteiger partial charge in [-0.2, -0.15) is 0 Å². The number of halogens is 1. The van der Waals surface area contributed by atoms with E-state index in [1.165, 1.54) is 43.5 Å². The third-order valence-electron chi connectivity index (χ3n) is 5.04. The predicted octanol–water partition coefficient (Wildman–Crippen LogP) is 3.20. The van der Waals surface area contributed by atoms with Crippen molar-refractivity contribution in [1.29, 1.82) is 0 Å². The van der Waals surface area contributed by atoms with Crippen molar-refractivity contribution in [3.8, 4) is 5.75 Å². The fourth-order valence-corrected chi connectivity index (χ4v) is 3.42. The van der Waals surface area contributed by atoms with Crippen molar-refractivity contribution in [2.75, 3.05) is 40.3 Å². The monoisotopic (exact) mass is 474 g/mol. The molecule has 1 aromatic carbocycles. The highest BCUT2D eigenvalue weighted by Crippen LogP contribution is 2.19. The summed E-state index contributed by atoms with van der Waals surface area (Å²) in [5.41, 5.74) is 2.44. The van der Waals surface area contributed by atoms with Crippen LogP contribution in [0.5, 0.6) is 5.75 Å². The molecule has 1 atom stereocenters. The molecule has 6 heteroatoms. The van der Waals surface area contributed by atoms with Crippen LogP contribution in [-0.2, 0) is 6.42 Å². The molecule has 0 aromatic heterocycles. The lowest BCUT2D eigenvalue weighted by Gasteiger charge is -2.27. The standard InChI is InChI=1S/C20H34N4O.HI/c1-5-18(24-12-6-7-13-24)15-23-20(21-3)22-11-10-17-9-8-16(2)19(14-17)25-4;/h8-9,14,18H,5-7,10-13,15H2,1-4H3,(H2,21,22,23);1H.